The summed E-state index contributed by atoms with van der Waals surface area (Å²) in [6.07, 6.45) is 0. The number of rotatable bonds is 8. The van der Waals surface area contributed by atoms with Crippen LogP contribution in [0.5, 0.6) is 0 Å². The monoisotopic (exact) mass is 528 g/mol. The summed E-state index contributed by atoms with van der Waals surface area (Å²) in [7, 11) is -2.27. The molecule has 0 aliphatic heterocycles. The summed E-state index contributed by atoms with van der Waals surface area (Å²) in [5, 5.41) is 5.26. The molecule has 1 aromatic heterocycles. The number of hydrogen-bond donors (Lipinski definition) is 0. The van der Waals surface area contributed by atoms with Gasteiger partial charge in [0.1, 0.15) is 26.8 Å². The van der Waals surface area contributed by atoms with Crippen LogP contribution in [0.2, 0.25) is 0 Å². The number of imidazole rings is 1. The maximum absolute atomic E-state index is 5.56. The van der Waals surface area contributed by atoms with Gasteiger partial charge in [0.15, 0.2) is 7.26 Å². The van der Waals surface area contributed by atoms with Gasteiger partial charge in [0.05, 0.1) is 0 Å². The van der Waals surface area contributed by atoms with Crippen molar-refractivity contribution < 1.29 is 12.4 Å². The fraction of sp³-hybridized carbons (Fsp3) is 0.129. The topological polar surface area (TPSA) is 17.8 Å². The van der Waals surface area contributed by atoms with Gasteiger partial charge in [-0.15, -0.1) is 11.8 Å². The zero-order valence-corrected chi connectivity index (χ0v) is 23.1. The normalized spacial score (nSPS) is 11.2. The largest absolute Gasteiger partial charge is 1.00 e. The minimum Gasteiger partial charge on any atom is -1.00 e. The van der Waals surface area contributed by atoms with Crippen molar-refractivity contribution in [3.8, 4) is 11.4 Å². The molecule has 0 aliphatic carbocycles. The third-order valence-corrected chi connectivity index (χ3v) is 11.6. The van der Waals surface area contributed by atoms with Gasteiger partial charge in [-0.1, -0.05) is 91.9 Å². The molecule has 0 saturated heterocycles. The van der Waals surface area contributed by atoms with E-state index in [0.717, 1.165) is 23.7 Å². The molecule has 182 valence electrons. The lowest BCUT2D eigenvalue weighted by Crippen LogP contribution is -3.00. The number of benzene rings is 4. The molecule has 0 unspecified atom stereocenters. The molecule has 0 atom stereocenters. The second-order valence-electron chi connectivity index (χ2n) is 8.28. The number of aromatic nitrogens is 2. The lowest BCUT2D eigenvalue weighted by molar-refractivity contribution is -0.00000688. The molecule has 0 saturated carbocycles. The summed E-state index contributed by atoms with van der Waals surface area (Å²) in [6, 6.07) is 43.7. The molecule has 5 aromatic rings. The van der Waals surface area contributed by atoms with Crippen molar-refractivity contribution in [2.24, 2.45) is 0 Å². The van der Waals surface area contributed by atoms with Crippen LogP contribution in [0.25, 0.3) is 11.4 Å². The molecule has 5 heteroatoms. The SMILES string of the molecule is CCSc1c([P+](c2ccccc2)(c2ccccc2)c2ccccc2)nc(-c2ccccc2)n1CC.[Cl-]. The van der Waals surface area contributed by atoms with Crippen LogP contribution in [0.1, 0.15) is 13.8 Å². The van der Waals surface area contributed by atoms with E-state index < -0.39 is 7.26 Å². The summed E-state index contributed by atoms with van der Waals surface area (Å²) >= 11 is 1.91. The first-order chi connectivity index (χ1) is 17.3. The highest BCUT2D eigenvalue weighted by molar-refractivity contribution is 8.04. The van der Waals surface area contributed by atoms with Crippen molar-refractivity contribution in [2.45, 2.75) is 25.4 Å². The second-order valence-corrected chi connectivity index (χ2v) is 12.9. The Morgan fingerprint density at radius 1 is 0.639 bits per heavy atom. The first kappa shape index (κ1) is 26.2. The molecule has 4 aromatic carbocycles. The third kappa shape index (κ3) is 4.64. The van der Waals surface area contributed by atoms with Crippen LogP contribution in [0.4, 0.5) is 0 Å². The highest BCUT2D eigenvalue weighted by atomic mass is 35.5. The fourth-order valence-electron chi connectivity index (χ4n) is 4.79. The Morgan fingerprint density at radius 3 is 1.44 bits per heavy atom. The first-order valence-corrected chi connectivity index (χ1v) is 14.9. The van der Waals surface area contributed by atoms with Crippen molar-refractivity contribution in [3.63, 3.8) is 0 Å². The van der Waals surface area contributed by atoms with Crippen LogP contribution in [-0.2, 0) is 6.54 Å². The predicted molar refractivity (Wildman–Crippen MR) is 155 cm³/mol. The lowest BCUT2D eigenvalue weighted by Gasteiger charge is -2.26. The van der Waals surface area contributed by atoms with Gasteiger partial charge >= 0.3 is 0 Å². The minimum absolute atomic E-state index is 0. The standard InChI is InChI=1S/C31H30N2PS.ClH/c1-3-33-29(25-17-9-5-10-18-25)32-30(31(33)35-4-2)34(26-19-11-6-12-20-26,27-21-13-7-14-22-27)28-23-15-8-16-24-28;/h5-24H,3-4H2,1-2H3;1H/q+1;/p-1. The molecule has 0 spiro atoms. The average Bonchev–Trinajstić information content (AvgIpc) is 3.30. The molecule has 2 nitrogen and oxygen atoms in total. The number of nitrogens with zero attached hydrogens (tertiary/aromatic N) is 2. The van der Waals surface area contributed by atoms with Gasteiger partial charge in [0.2, 0.25) is 5.44 Å². The number of thioether (sulfide) groups is 1. The lowest BCUT2D eigenvalue weighted by atomic mass is 10.2. The zero-order valence-electron chi connectivity index (χ0n) is 20.6. The minimum atomic E-state index is -2.27. The van der Waals surface area contributed by atoms with Gasteiger partial charge in [-0.05, 0) is 49.1 Å². The molecule has 0 radical (unpaired) electrons. The quantitative estimate of drug-likeness (QED) is 0.227. The summed E-state index contributed by atoms with van der Waals surface area (Å²) in [6.45, 7) is 5.33. The summed E-state index contributed by atoms with van der Waals surface area (Å²) < 4.78 is 2.42. The van der Waals surface area contributed by atoms with E-state index >= 15 is 0 Å². The van der Waals surface area contributed by atoms with Gasteiger partial charge in [0, 0.05) is 12.1 Å². The van der Waals surface area contributed by atoms with E-state index in [4.69, 9.17) is 4.98 Å². The Kier molecular flexibility index (Phi) is 8.69. The Balaban J connectivity index is 0.00000304. The molecular formula is C31H30ClN2PS. The molecule has 0 bridgehead atoms. The molecule has 1 heterocycles. The van der Waals surface area contributed by atoms with Crippen LogP contribution in [0.15, 0.2) is 126 Å². The summed E-state index contributed by atoms with van der Waals surface area (Å²) in [4.78, 5) is 5.56. The van der Waals surface area contributed by atoms with E-state index in [2.05, 4.69) is 140 Å². The summed E-state index contributed by atoms with van der Waals surface area (Å²) in [5.41, 5.74) is 2.36. The fourth-order valence-corrected chi connectivity index (χ4v) is 10.4. The molecule has 36 heavy (non-hydrogen) atoms. The maximum Gasteiger partial charge on any atom is 0.230 e. The van der Waals surface area contributed by atoms with E-state index in [1.807, 2.05) is 11.8 Å². The van der Waals surface area contributed by atoms with Crippen molar-refractivity contribution >= 4 is 40.4 Å². The van der Waals surface area contributed by atoms with Gasteiger partial charge in [-0.2, -0.15) is 4.98 Å². The van der Waals surface area contributed by atoms with Crippen LogP contribution in [-0.4, -0.2) is 15.3 Å². The van der Waals surface area contributed by atoms with Crippen LogP contribution >= 0.6 is 19.0 Å². The Morgan fingerprint density at radius 2 is 1.06 bits per heavy atom. The first-order valence-electron chi connectivity index (χ1n) is 12.2. The van der Waals surface area contributed by atoms with E-state index in [-0.39, 0.29) is 12.4 Å². The highest BCUT2D eigenvalue weighted by Gasteiger charge is 2.52. The number of halogens is 1. The van der Waals surface area contributed by atoms with Crippen LogP contribution in [0.3, 0.4) is 0 Å². The van der Waals surface area contributed by atoms with Gasteiger partial charge < -0.3 is 17.0 Å². The molecular weight excluding hydrogens is 499 g/mol. The van der Waals surface area contributed by atoms with Gasteiger partial charge in [-0.25, -0.2) is 0 Å². The van der Waals surface area contributed by atoms with E-state index in [1.54, 1.807) is 0 Å². The molecule has 0 amide bonds. The van der Waals surface area contributed by atoms with Crippen molar-refractivity contribution in [3.05, 3.63) is 121 Å². The maximum atomic E-state index is 5.56. The highest BCUT2D eigenvalue weighted by Crippen LogP contribution is 2.56. The third-order valence-electron chi connectivity index (χ3n) is 6.28. The van der Waals surface area contributed by atoms with Crippen molar-refractivity contribution in [1.29, 1.82) is 0 Å². The van der Waals surface area contributed by atoms with Gasteiger partial charge in [0.25, 0.3) is 0 Å². The molecule has 0 N–H and O–H groups in total. The average molecular weight is 529 g/mol. The Labute approximate surface area is 225 Å². The van der Waals surface area contributed by atoms with Crippen molar-refractivity contribution in [2.75, 3.05) is 5.75 Å². The van der Waals surface area contributed by atoms with E-state index in [9.17, 15) is 0 Å². The molecule has 0 aliphatic rings. The number of hydrogen-bond acceptors (Lipinski definition) is 2. The molecule has 0 fully saturated rings. The Bertz CT molecular complexity index is 1280. The van der Waals surface area contributed by atoms with E-state index in [0.29, 0.717) is 0 Å². The summed E-state index contributed by atoms with van der Waals surface area (Å²) in [5.74, 6) is 2.04. The molecule has 5 rings (SSSR count). The van der Waals surface area contributed by atoms with Crippen molar-refractivity contribution in [1.82, 2.24) is 9.55 Å². The smallest absolute Gasteiger partial charge is 0.230 e. The van der Waals surface area contributed by atoms with Crippen LogP contribution < -0.4 is 33.8 Å². The zero-order chi connectivity index (χ0) is 24.1. The Hall–Kier alpha value is -2.84. The van der Waals surface area contributed by atoms with Crippen LogP contribution in [0, 0.1) is 0 Å². The predicted octanol–water partition coefficient (Wildman–Crippen LogP) is 3.31. The van der Waals surface area contributed by atoms with Gasteiger partial charge in [-0.3, -0.25) is 0 Å². The van der Waals surface area contributed by atoms with E-state index in [1.165, 1.54) is 26.4 Å². The second kappa shape index (κ2) is 11.9.